The van der Waals surface area contributed by atoms with Gasteiger partial charge < -0.3 is 20.8 Å². The molecule has 4 N–H and O–H groups in total. The van der Waals surface area contributed by atoms with Gasteiger partial charge in [0.2, 0.25) is 0 Å². The van der Waals surface area contributed by atoms with E-state index in [2.05, 4.69) is 9.97 Å². The number of benzene rings is 1. The average Bonchev–Trinajstić information content (AvgIpc) is 3.03. The largest absolute Gasteiger partial charge is 0.396 e. The number of rotatable bonds is 1. The molecule has 0 fully saturated rings. The summed E-state index contributed by atoms with van der Waals surface area (Å²) in [6, 6.07) is 4.64. The zero-order valence-electron chi connectivity index (χ0n) is 11.0. The van der Waals surface area contributed by atoms with Crippen molar-refractivity contribution >= 4 is 22.5 Å². The van der Waals surface area contributed by atoms with E-state index in [1.165, 1.54) is 18.5 Å². The predicted molar refractivity (Wildman–Crippen MR) is 76.1 cm³/mol. The highest BCUT2D eigenvalue weighted by Crippen LogP contribution is 2.35. The van der Waals surface area contributed by atoms with Gasteiger partial charge in [-0.15, -0.1) is 0 Å². The molecule has 106 valence electrons. The second-order valence-electron chi connectivity index (χ2n) is 4.92. The van der Waals surface area contributed by atoms with E-state index in [4.69, 9.17) is 16.2 Å². The summed E-state index contributed by atoms with van der Waals surface area (Å²) in [7, 11) is 0. The molecule has 21 heavy (non-hydrogen) atoms. The molecule has 3 heterocycles. The summed E-state index contributed by atoms with van der Waals surface area (Å²) in [4.78, 5) is 8.32. The number of nitrogen functional groups attached to an aromatic ring is 2. The maximum Gasteiger partial charge on any atom is 0.151 e. The lowest BCUT2D eigenvalue weighted by molar-refractivity contribution is 0.132. The van der Waals surface area contributed by atoms with E-state index in [9.17, 15) is 4.39 Å². The molecule has 1 aliphatic rings. The Morgan fingerprint density at radius 2 is 2.05 bits per heavy atom. The molecule has 0 spiro atoms. The summed E-state index contributed by atoms with van der Waals surface area (Å²) in [5.74, 6) is -0.121. The van der Waals surface area contributed by atoms with Crippen LogP contribution in [-0.4, -0.2) is 14.5 Å². The fourth-order valence-electron chi connectivity index (χ4n) is 2.73. The molecule has 3 aromatic rings. The molecular weight excluding hydrogens is 273 g/mol. The van der Waals surface area contributed by atoms with E-state index >= 15 is 0 Å². The highest BCUT2D eigenvalue weighted by Gasteiger charge is 2.25. The monoisotopic (exact) mass is 285 g/mol. The minimum atomic E-state index is -0.475. The highest BCUT2D eigenvalue weighted by molar-refractivity contribution is 5.91. The summed E-state index contributed by atoms with van der Waals surface area (Å²) in [5.41, 5.74) is 15.6. The van der Waals surface area contributed by atoms with Crippen molar-refractivity contribution in [3.8, 4) is 5.69 Å². The second kappa shape index (κ2) is 4.16. The van der Waals surface area contributed by atoms with E-state index in [0.717, 1.165) is 16.8 Å². The van der Waals surface area contributed by atoms with E-state index in [1.807, 2.05) is 4.57 Å². The Morgan fingerprint density at radius 3 is 2.86 bits per heavy atom. The molecule has 0 amide bonds. The topological polar surface area (TPSA) is 92.0 Å². The van der Waals surface area contributed by atoms with Gasteiger partial charge in [0.25, 0.3) is 0 Å². The summed E-state index contributed by atoms with van der Waals surface area (Å²) >= 11 is 0. The van der Waals surface area contributed by atoms with E-state index < -0.39 is 5.82 Å². The van der Waals surface area contributed by atoms with E-state index in [-0.39, 0.29) is 5.69 Å². The number of anilines is 2. The van der Waals surface area contributed by atoms with Crippen LogP contribution in [0.3, 0.4) is 0 Å². The lowest BCUT2D eigenvalue weighted by Gasteiger charge is -2.11. The zero-order chi connectivity index (χ0) is 14.6. The van der Waals surface area contributed by atoms with Gasteiger partial charge in [-0.05, 0) is 12.1 Å². The molecule has 0 unspecified atom stereocenters. The van der Waals surface area contributed by atoms with Gasteiger partial charge in [0, 0.05) is 17.3 Å². The minimum Gasteiger partial charge on any atom is -0.396 e. The molecule has 1 aromatic carbocycles. The predicted octanol–water partition coefficient (Wildman–Crippen LogP) is 1.75. The van der Waals surface area contributed by atoms with Crippen LogP contribution in [0.15, 0.2) is 24.5 Å². The number of halogens is 1. The van der Waals surface area contributed by atoms with Gasteiger partial charge in [-0.3, -0.25) is 0 Å². The van der Waals surface area contributed by atoms with Crippen LogP contribution in [0, 0.1) is 5.82 Å². The fourth-order valence-corrected chi connectivity index (χ4v) is 2.73. The van der Waals surface area contributed by atoms with Crippen LogP contribution in [0.25, 0.3) is 16.7 Å². The van der Waals surface area contributed by atoms with Crippen molar-refractivity contribution in [3.05, 3.63) is 41.6 Å². The minimum absolute atomic E-state index is 0.104. The van der Waals surface area contributed by atoms with Crippen molar-refractivity contribution < 1.29 is 9.13 Å². The first kappa shape index (κ1) is 12.1. The van der Waals surface area contributed by atoms with Crippen LogP contribution >= 0.6 is 0 Å². The first-order chi connectivity index (χ1) is 10.2. The number of ether oxygens (including phenoxy) is 1. The van der Waals surface area contributed by atoms with Crippen molar-refractivity contribution in [1.29, 1.82) is 0 Å². The van der Waals surface area contributed by atoms with Gasteiger partial charge in [-0.25, -0.2) is 14.4 Å². The molecule has 2 aromatic heterocycles. The zero-order valence-corrected chi connectivity index (χ0v) is 11.0. The number of nitrogens with two attached hydrogens (primary N) is 2. The Bertz CT molecular complexity index is 873. The van der Waals surface area contributed by atoms with Gasteiger partial charge in [0.15, 0.2) is 5.82 Å². The van der Waals surface area contributed by atoms with Crippen molar-refractivity contribution in [1.82, 2.24) is 14.5 Å². The van der Waals surface area contributed by atoms with Crippen molar-refractivity contribution in [2.45, 2.75) is 13.2 Å². The standard InChI is InChI=1S/C14H12FN5O/c15-9-3-7(1-2-10(9)16)20-11-5-21-4-8(11)12-13(20)14(17)19-6-18-12/h1-3,6H,4-5,16H2,(H2,17,18,19). The molecule has 0 saturated carbocycles. The number of fused-ring (bicyclic) bond motifs is 3. The number of nitrogens with zero attached hydrogens (tertiary/aromatic N) is 3. The Morgan fingerprint density at radius 1 is 1.19 bits per heavy atom. The molecule has 6 nitrogen and oxygen atoms in total. The summed E-state index contributed by atoms with van der Waals surface area (Å²) in [6.45, 7) is 0.893. The van der Waals surface area contributed by atoms with Gasteiger partial charge in [-0.1, -0.05) is 0 Å². The molecule has 1 aliphatic heterocycles. The number of hydrogen-bond acceptors (Lipinski definition) is 5. The van der Waals surface area contributed by atoms with Crippen LogP contribution in [0.2, 0.25) is 0 Å². The van der Waals surface area contributed by atoms with Gasteiger partial charge in [0.05, 0.1) is 24.6 Å². The normalized spacial score (nSPS) is 13.8. The van der Waals surface area contributed by atoms with Crippen LogP contribution < -0.4 is 11.5 Å². The summed E-state index contributed by atoms with van der Waals surface area (Å²) in [6.07, 6.45) is 1.42. The lowest BCUT2D eigenvalue weighted by atomic mass is 10.2. The third kappa shape index (κ3) is 1.61. The lowest BCUT2D eigenvalue weighted by Crippen LogP contribution is -2.04. The first-order valence-corrected chi connectivity index (χ1v) is 6.42. The van der Waals surface area contributed by atoms with Crippen molar-refractivity contribution in [2.24, 2.45) is 0 Å². The van der Waals surface area contributed by atoms with Gasteiger partial charge >= 0.3 is 0 Å². The summed E-state index contributed by atoms with van der Waals surface area (Å²) < 4.78 is 21.1. The maximum absolute atomic E-state index is 13.8. The average molecular weight is 285 g/mol. The van der Waals surface area contributed by atoms with Gasteiger partial charge in [-0.2, -0.15) is 0 Å². The molecule has 0 bridgehead atoms. The van der Waals surface area contributed by atoms with E-state index in [1.54, 1.807) is 6.07 Å². The van der Waals surface area contributed by atoms with Crippen LogP contribution in [0.1, 0.15) is 11.3 Å². The molecule has 7 heteroatoms. The molecule has 0 atom stereocenters. The maximum atomic E-state index is 13.8. The molecular formula is C14H12FN5O. The van der Waals surface area contributed by atoms with Crippen molar-refractivity contribution in [3.63, 3.8) is 0 Å². The molecule has 0 aliphatic carbocycles. The highest BCUT2D eigenvalue weighted by atomic mass is 19.1. The van der Waals surface area contributed by atoms with Crippen LogP contribution in [-0.2, 0) is 18.0 Å². The van der Waals surface area contributed by atoms with Crippen LogP contribution in [0.4, 0.5) is 15.9 Å². The van der Waals surface area contributed by atoms with Crippen molar-refractivity contribution in [2.75, 3.05) is 11.5 Å². The Hall–Kier alpha value is -2.67. The molecule has 0 saturated heterocycles. The quantitative estimate of drug-likeness (QED) is 0.665. The third-order valence-corrected chi connectivity index (χ3v) is 3.71. The Balaban J connectivity index is 2.10. The first-order valence-electron chi connectivity index (χ1n) is 6.42. The van der Waals surface area contributed by atoms with Crippen LogP contribution in [0.5, 0.6) is 0 Å². The Kier molecular flexibility index (Phi) is 2.40. The molecule has 0 radical (unpaired) electrons. The second-order valence-corrected chi connectivity index (χ2v) is 4.92. The number of aromatic nitrogens is 3. The SMILES string of the molecule is Nc1ccc(-n2c3c(c4ncnc(N)c42)COC3)cc1F. The Labute approximate surface area is 119 Å². The third-order valence-electron chi connectivity index (χ3n) is 3.71. The van der Waals surface area contributed by atoms with Gasteiger partial charge in [0.1, 0.15) is 23.2 Å². The molecule has 4 rings (SSSR count). The fraction of sp³-hybridized carbons (Fsp3) is 0.143. The smallest absolute Gasteiger partial charge is 0.151 e. The summed E-state index contributed by atoms with van der Waals surface area (Å²) in [5, 5.41) is 0. The van der Waals surface area contributed by atoms with E-state index in [0.29, 0.717) is 30.2 Å². The number of hydrogen-bond donors (Lipinski definition) is 2.